The van der Waals surface area contributed by atoms with E-state index in [0.29, 0.717) is 0 Å². The Balaban J connectivity index is 2.21. The smallest absolute Gasteiger partial charge is 0.123 e. The van der Waals surface area contributed by atoms with Gasteiger partial charge in [0.2, 0.25) is 0 Å². The fourth-order valence-electron chi connectivity index (χ4n) is 1.44. The molecule has 1 N–H and O–H groups in total. The lowest BCUT2D eigenvalue weighted by Gasteiger charge is -2.07. The number of nitrogens with zero attached hydrogens (tertiary/aromatic N) is 1. The van der Waals surface area contributed by atoms with Crippen LogP contribution in [0.15, 0.2) is 24.3 Å². The highest BCUT2D eigenvalue weighted by Gasteiger charge is 2.02. The van der Waals surface area contributed by atoms with Gasteiger partial charge in [0.15, 0.2) is 0 Å². The van der Waals surface area contributed by atoms with Crippen molar-refractivity contribution in [1.29, 1.82) is 5.26 Å². The quantitative estimate of drug-likeness (QED) is 0.748. The normalized spacial score (nSPS) is 12.1. The molecule has 1 aromatic rings. The largest absolute Gasteiger partial charge is 0.315 e. The summed E-state index contributed by atoms with van der Waals surface area (Å²) in [6.07, 6.45) is 1.74. The molecule has 0 bridgehead atoms. The third-order valence-electron chi connectivity index (χ3n) is 2.57. The van der Waals surface area contributed by atoms with Crippen molar-refractivity contribution in [2.45, 2.75) is 19.8 Å². The molecule has 1 aromatic carbocycles. The lowest BCUT2D eigenvalue weighted by Crippen LogP contribution is -2.23. The Morgan fingerprint density at radius 3 is 2.62 bits per heavy atom. The lowest BCUT2D eigenvalue weighted by molar-refractivity contribution is 0.554. The molecule has 0 aromatic heterocycles. The Kier molecular flexibility index (Phi) is 5.52. The molecule has 0 aliphatic rings. The predicted octanol–water partition coefficient (Wildman–Crippen LogP) is 2.51. The van der Waals surface area contributed by atoms with Gasteiger partial charge in [0, 0.05) is 6.54 Å². The van der Waals surface area contributed by atoms with Crippen LogP contribution in [0.2, 0.25) is 0 Å². The first-order chi connectivity index (χ1) is 7.76. The van der Waals surface area contributed by atoms with Crippen LogP contribution in [0.4, 0.5) is 4.39 Å². The maximum atomic E-state index is 12.6. The molecule has 0 saturated heterocycles. The molecule has 0 fully saturated rings. The third kappa shape index (κ3) is 4.41. The summed E-state index contributed by atoms with van der Waals surface area (Å²) in [6.45, 7) is 3.56. The van der Waals surface area contributed by atoms with Gasteiger partial charge in [-0.2, -0.15) is 5.26 Å². The summed E-state index contributed by atoms with van der Waals surface area (Å²) in [4.78, 5) is 0. The molecular formula is C13H17FN2. The Morgan fingerprint density at radius 2 is 2.06 bits per heavy atom. The summed E-state index contributed by atoms with van der Waals surface area (Å²) in [7, 11) is 0. The molecule has 3 heteroatoms. The van der Waals surface area contributed by atoms with Crippen LogP contribution in [-0.4, -0.2) is 13.1 Å². The van der Waals surface area contributed by atoms with Gasteiger partial charge >= 0.3 is 0 Å². The van der Waals surface area contributed by atoms with Gasteiger partial charge in [0.25, 0.3) is 0 Å². The van der Waals surface area contributed by atoms with Crippen LogP contribution in [0.5, 0.6) is 0 Å². The topological polar surface area (TPSA) is 35.8 Å². The maximum absolute atomic E-state index is 12.6. The van der Waals surface area contributed by atoms with E-state index in [0.717, 1.165) is 31.5 Å². The molecule has 0 aliphatic heterocycles. The predicted molar refractivity (Wildman–Crippen MR) is 62.4 cm³/mol. The van der Waals surface area contributed by atoms with Crippen molar-refractivity contribution in [3.8, 4) is 6.07 Å². The summed E-state index contributed by atoms with van der Waals surface area (Å²) in [5.41, 5.74) is 1.11. The van der Waals surface area contributed by atoms with E-state index in [2.05, 4.69) is 11.4 Å². The van der Waals surface area contributed by atoms with E-state index in [1.807, 2.05) is 6.92 Å². The van der Waals surface area contributed by atoms with E-state index in [1.165, 1.54) is 12.1 Å². The van der Waals surface area contributed by atoms with E-state index >= 15 is 0 Å². The zero-order valence-corrected chi connectivity index (χ0v) is 9.54. The monoisotopic (exact) mass is 220 g/mol. The minimum Gasteiger partial charge on any atom is -0.315 e. The summed E-state index contributed by atoms with van der Waals surface area (Å²) in [6, 6.07) is 8.77. The van der Waals surface area contributed by atoms with Gasteiger partial charge in [-0.15, -0.1) is 0 Å². The Bertz CT molecular complexity index is 340. The summed E-state index contributed by atoms with van der Waals surface area (Å²) in [5.74, 6) is -0.111. The minimum absolute atomic E-state index is 0.0909. The van der Waals surface area contributed by atoms with Gasteiger partial charge in [0.05, 0.1) is 12.0 Å². The summed E-state index contributed by atoms with van der Waals surface area (Å²) >= 11 is 0. The number of nitriles is 1. The standard InChI is InChI=1S/C13H17FN2/c1-2-11(9-15)10-16-8-7-12-3-5-13(14)6-4-12/h3-6,11,16H,2,7-8,10H2,1H3. The molecule has 1 atom stereocenters. The minimum atomic E-state index is -0.202. The van der Waals surface area contributed by atoms with Crippen LogP contribution in [0, 0.1) is 23.1 Å². The van der Waals surface area contributed by atoms with Crippen LogP contribution >= 0.6 is 0 Å². The molecule has 0 aliphatic carbocycles. The van der Waals surface area contributed by atoms with Gasteiger partial charge in [-0.05, 0) is 37.1 Å². The zero-order valence-electron chi connectivity index (χ0n) is 9.54. The van der Waals surface area contributed by atoms with Gasteiger partial charge in [-0.3, -0.25) is 0 Å². The number of halogens is 1. The zero-order chi connectivity index (χ0) is 11.8. The van der Waals surface area contributed by atoms with Gasteiger partial charge in [-0.25, -0.2) is 4.39 Å². The van der Waals surface area contributed by atoms with Gasteiger partial charge in [-0.1, -0.05) is 19.1 Å². The highest BCUT2D eigenvalue weighted by atomic mass is 19.1. The van der Waals surface area contributed by atoms with Crippen molar-refractivity contribution in [3.05, 3.63) is 35.6 Å². The van der Waals surface area contributed by atoms with E-state index in [9.17, 15) is 4.39 Å². The average Bonchev–Trinajstić information content (AvgIpc) is 2.32. The van der Waals surface area contributed by atoms with E-state index in [4.69, 9.17) is 5.26 Å². The van der Waals surface area contributed by atoms with Crippen LogP contribution in [0.25, 0.3) is 0 Å². The molecule has 0 heterocycles. The number of hydrogen-bond acceptors (Lipinski definition) is 2. The van der Waals surface area contributed by atoms with Crippen LogP contribution in [0.3, 0.4) is 0 Å². The highest BCUT2D eigenvalue weighted by molar-refractivity contribution is 5.16. The highest BCUT2D eigenvalue weighted by Crippen LogP contribution is 2.03. The first kappa shape index (κ1) is 12.7. The fraction of sp³-hybridized carbons (Fsp3) is 0.462. The molecule has 0 radical (unpaired) electrons. The van der Waals surface area contributed by atoms with Crippen LogP contribution in [-0.2, 0) is 6.42 Å². The van der Waals surface area contributed by atoms with Crippen LogP contribution in [0.1, 0.15) is 18.9 Å². The Labute approximate surface area is 96.1 Å². The second-order valence-electron chi connectivity index (χ2n) is 3.81. The van der Waals surface area contributed by atoms with Crippen LogP contribution < -0.4 is 5.32 Å². The number of nitrogens with one attached hydrogen (secondary N) is 1. The number of hydrogen-bond donors (Lipinski definition) is 1. The molecule has 0 spiro atoms. The second kappa shape index (κ2) is 6.97. The third-order valence-corrected chi connectivity index (χ3v) is 2.57. The summed E-state index contributed by atoms with van der Waals surface area (Å²) in [5, 5.41) is 12.0. The second-order valence-corrected chi connectivity index (χ2v) is 3.81. The molecule has 1 unspecified atom stereocenters. The van der Waals surface area contributed by atoms with Crippen molar-refractivity contribution in [1.82, 2.24) is 5.32 Å². The molecule has 0 saturated carbocycles. The fourth-order valence-corrected chi connectivity index (χ4v) is 1.44. The molecule has 86 valence electrons. The van der Waals surface area contributed by atoms with Gasteiger partial charge < -0.3 is 5.32 Å². The molecule has 16 heavy (non-hydrogen) atoms. The Morgan fingerprint density at radius 1 is 1.38 bits per heavy atom. The van der Waals surface area contributed by atoms with E-state index in [-0.39, 0.29) is 11.7 Å². The maximum Gasteiger partial charge on any atom is 0.123 e. The van der Waals surface area contributed by atoms with Gasteiger partial charge in [0.1, 0.15) is 5.82 Å². The molecule has 1 rings (SSSR count). The average molecular weight is 220 g/mol. The van der Waals surface area contributed by atoms with Crippen molar-refractivity contribution in [3.63, 3.8) is 0 Å². The molecule has 0 amide bonds. The summed E-state index contributed by atoms with van der Waals surface area (Å²) < 4.78 is 12.6. The first-order valence-electron chi connectivity index (χ1n) is 5.61. The first-order valence-corrected chi connectivity index (χ1v) is 5.61. The van der Waals surface area contributed by atoms with Crippen molar-refractivity contribution >= 4 is 0 Å². The van der Waals surface area contributed by atoms with Crippen molar-refractivity contribution < 1.29 is 4.39 Å². The lowest BCUT2D eigenvalue weighted by atomic mass is 10.1. The van der Waals surface area contributed by atoms with Crippen molar-refractivity contribution in [2.24, 2.45) is 5.92 Å². The number of benzene rings is 1. The van der Waals surface area contributed by atoms with E-state index < -0.39 is 0 Å². The Hall–Kier alpha value is -1.40. The SMILES string of the molecule is CCC(C#N)CNCCc1ccc(F)cc1. The van der Waals surface area contributed by atoms with E-state index in [1.54, 1.807) is 12.1 Å². The number of rotatable bonds is 6. The van der Waals surface area contributed by atoms with Crippen molar-refractivity contribution in [2.75, 3.05) is 13.1 Å². The molecular weight excluding hydrogens is 203 g/mol. The molecule has 2 nitrogen and oxygen atoms in total.